The second kappa shape index (κ2) is 5.39. The molecule has 0 aliphatic carbocycles. The number of nitrogens with zero attached hydrogens (tertiary/aromatic N) is 1. The van der Waals surface area contributed by atoms with E-state index < -0.39 is 0 Å². The summed E-state index contributed by atoms with van der Waals surface area (Å²) in [7, 11) is 0. The number of benzene rings is 1. The van der Waals surface area contributed by atoms with E-state index in [0.717, 1.165) is 38.3 Å². The Kier molecular flexibility index (Phi) is 3.71. The van der Waals surface area contributed by atoms with Gasteiger partial charge < -0.3 is 19.7 Å². The normalized spacial score (nSPS) is 26.2. The highest BCUT2D eigenvalue weighted by atomic mass is 35.5. The summed E-state index contributed by atoms with van der Waals surface area (Å²) in [5.41, 5.74) is 1.00. The Hall–Kier alpha value is -1.46. The largest absolute Gasteiger partial charge is 0.454 e. The van der Waals surface area contributed by atoms with Gasteiger partial charge in [0.15, 0.2) is 11.5 Å². The van der Waals surface area contributed by atoms with Gasteiger partial charge in [-0.15, -0.1) is 12.4 Å². The van der Waals surface area contributed by atoms with Gasteiger partial charge in [0.05, 0.1) is 0 Å². The van der Waals surface area contributed by atoms with Gasteiger partial charge in [0.2, 0.25) is 6.79 Å². The maximum absolute atomic E-state index is 12.6. The zero-order chi connectivity index (χ0) is 13.6. The first-order valence-corrected chi connectivity index (χ1v) is 7.16. The molecule has 0 aromatic heterocycles. The predicted octanol–water partition coefficient (Wildman–Crippen LogP) is 1.66. The fourth-order valence-electron chi connectivity index (χ4n) is 3.46. The van der Waals surface area contributed by atoms with Crippen LogP contribution in [0.3, 0.4) is 0 Å². The first-order valence-electron chi connectivity index (χ1n) is 7.16. The van der Waals surface area contributed by atoms with E-state index >= 15 is 0 Å². The molecule has 0 saturated carbocycles. The lowest BCUT2D eigenvalue weighted by Crippen LogP contribution is -2.33. The van der Waals surface area contributed by atoms with E-state index in [9.17, 15) is 4.79 Å². The molecule has 21 heavy (non-hydrogen) atoms. The summed E-state index contributed by atoms with van der Waals surface area (Å²) >= 11 is 0. The minimum atomic E-state index is 0. The second-order valence-electron chi connectivity index (χ2n) is 5.97. The number of rotatable bonds is 1. The van der Waals surface area contributed by atoms with Crippen molar-refractivity contribution in [3.05, 3.63) is 23.8 Å². The average molecular weight is 311 g/mol. The number of hydrogen-bond donors (Lipinski definition) is 1. The number of halogens is 1. The Morgan fingerprint density at radius 2 is 2.10 bits per heavy atom. The third-order valence-electron chi connectivity index (χ3n) is 4.68. The molecule has 1 N–H and O–H groups in total. The molecule has 3 aliphatic heterocycles. The third kappa shape index (κ3) is 2.45. The van der Waals surface area contributed by atoms with Gasteiger partial charge in [-0.1, -0.05) is 0 Å². The molecule has 1 aromatic rings. The van der Waals surface area contributed by atoms with Gasteiger partial charge in [0.25, 0.3) is 5.91 Å². The molecular weight excluding hydrogens is 292 g/mol. The fourth-order valence-corrected chi connectivity index (χ4v) is 3.46. The van der Waals surface area contributed by atoms with Gasteiger partial charge in [-0.05, 0) is 37.6 Å². The lowest BCUT2D eigenvalue weighted by atomic mass is 9.86. The smallest absolute Gasteiger partial charge is 0.254 e. The Labute approximate surface area is 130 Å². The molecule has 3 heterocycles. The summed E-state index contributed by atoms with van der Waals surface area (Å²) in [6.07, 6.45) is 2.29. The number of nitrogens with one attached hydrogen (secondary N) is 1. The minimum absolute atomic E-state index is 0. The van der Waals surface area contributed by atoms with Gasteiger partial charge in [-0.2, -0.15) is 0 Å². The Morgan fingerprint density at radius 3 is 2.90 bits per heavy atom. The molecule has 4 rings (SSSR count). The van der Waals surface area contributed by atoms with Crippen LogP contribution in [0, 0.1) is 5.41 Å². The van der Waals surface area contributed by atoms with Crippen LogP contribution in [0.15, 0.2) is 18.2 Å². The maximum atomic E-state index is 12.6. The van der Waals surface area contributed by atoms with Gasteiger partial charge >= 0.3 is 0 Å². The van der Waals surface area contributed by atoms with Crippen LogP contribution in [0.1, 0.15) is 23.2 Å². The summed E-state index contributed by atoms with van der Waals surface area (Å²) in [5, 5.41) is 3.41. The molecule has 1 amide bonds. The standard InChI is InChI=1S/C15H18N2O3.ClH/c18-14(11-1-2-12-13(7-11)20-10-19-12)17-6-4-15(9-17)3-5-16-8-15;/h1-2,7,16H,3-6,8-10H2;1H. The first-order chi connectivity index (χ1) is 9.76. The number of likely N-dealkylation sites (tertiary alicyclic amines) is 1. The van der Waals surface area contributed by atoms with E-state index in [0.29, 0.717) is 16.7 Å². The van der Waals surface area contributed by atoms with Gasteiger partial charge in [0.1, 0.15) is 0 Å². The van der Waals surface area contributed by atoms with Crippen LogP contribution in [0.25, 0.3) is 0 Å². The molecule has 0 radical (unpaired) electrons. The molecule has 114 valence electrons. The van der Waals surface area contributed by atoms with Crippen LogP contribution >= 0.6 is 12.4 Å². The van der Waals surface area contributed by atoms with Crippen molar-refractivity contribution >= 4 is 18.3 Å². The highest BCUT2D eigenvalue weighted by Crippen LogP contribution is 2.37. The molecule has 1 atom stereocenters. The van der Waals surface area contributed by atoms with E-state index in [-0.39, 0.29) is 25.1 Å². The quantitative estimate of drug-likeness (QED) is 0.857. The molecule has 2 fully saturated rings. The summed E-state index contributed by atoms with van der Waals surface area (Å²) in [4.78, 5) is 14.6. The fraction of sp³-hybridized carbons (Fsp3) is 0.533. The SMILES string of the molecule is Cl.O=C(c1ccc2c(c1)OCO2)N1CCC2(CCNC2)C1. The molecule has 3 aliphatic rings. The van der Waals surface area contributed by atoms with Crippen molar-refractivity contribution in [1.82, 2.24) is 10.2 Å². The van der Waals surface area contributed by atoms with Crippen molar-refractivity contribution < 1.29 is 14.3 Å². The van der Waals surface area contributed by atoms with Gasteiger partial charge in [0, 0.05) is 30.6 Å². The van der Waals surface area contributed by atoms with Gasteiger partial charge in [-0.25, -0.2) is 0 Å². The Balaban J connectivity index is 0.00000132. The number of fused-ring (bicyclic) bond motifs is 1. The van der Waals surface area contributed by atoms with E-state index in [1.54, 1.807) is 6.07 Å². The van der Waals surface area contributed by atoms with Crippen LogP contribution < -0.4 is 14.8 Å². The highest BCUT2D eigenvalue weighted by molar-refractivity contribution is 5.95. The molecule has 0 bridgehead atoms. The number of carbonyl (C=O) groups excluding carboxylic acids is 1. The van der Waals surface area contributed by atoms with Crippen molar-refractivity contribution in [1.29, 1.82) is 0 Å². The molecule has 1 spiro atoms. The molecule has 1 unspecified atom stereocenters. The van der Waals surface area contributed by atoms with Crippen molar-refractivity contribution in [3.8, 4) is 11.5 Å². The van der Waals surface area contributed by atoms with Crippen molar-refractivity contribution in [2.75, 3.05) is 33.0 Å². The molecule has 1 aromatic carbocycles. The zero-order valence-electron chi connectivity index (χ0n) is 11.8. The van der Waals surface area contributed by atoms with Crippen LogP contribution in [0.4, 0.5) is 0 Å². The van der Waals surface area contributed by atoms with Crippen molar-refractivity contribution in [3.63, 3.8) is 0 Å². The van der Waals surface area contributed by atoms with Crippen LogP contribution in [-0.2, 0) is 0 Å². The van der Waals surface area contributed by atoms with E-state index in [1.165, 1.54) is 6.42 Å². The minimum Gasteiger partial charge on any atom is -0.454 e. The highest BCUT2D eigenvalue weighted by Gasteiger charge is 2.42. The van der Waals surface area contributed by atoms with E-state index in [2.05, 4.69) is 5.32 Å². The maximum Gasteiger partial charge on any atom is 0.254 e. The lowest BCUT2D eigenvalue weighted by molar-refractivity contribution is 0.0775. The average Bonchev–Trinajstić information content (AvgIpc) is 3.19. The molecular formula is C15H19ClN2O3. The van der Waals surface area contributed by atoms with Gasteiger partial charge in [-0.3, -0.25) is 4.79 Å². The van der Waals surface area contributed by atoms with Crippen LogP contribution in [0.5, 0.6) is 11.5 Å². The zero-order valence-corrected chi connectivity index (χ0v) is 12.6. The van der Waals surface area contributed by atoms with E-state index in [1.807, 2.05) is 17.0 Å². The van der Waals surface area contributed by atoms with E-state index in [4.69, 9.17) is 9.47 Å². The monoisotopic (exact) mass is 310 g/mol. The summed E-state index contributed by atoms with van der Waals surface area (Å²) < 4.78 is 10.6. The number of carbonyl (C=O) groups is 1. The summed E-state index contributed by atoms with van der Waals surface area (Å²) in [6, 6.07) is 5.44. The predicted molar refractivity (Wildman–Crippen MR) is 80.3 cm³/mol. The van der Waals surface area contributed by atoms with Crippen molar-refractivity contribution in [2.45, 2.75) is 12.8 Å². The summed E-state index contributed by atoms with van der Waals surface area (Å²) in [5.74, 6) is 1.50. The van der Waals surface area contributed by atoms with Crippen molar-refractivity contribution in [2.24, 2.45) is 5.41 Å². The third-order valence-corrected chi connectivity index (χ3v) is 4.68. The Bertz CT molecular complexity index is 558. The number of ether oxygens (including phenoxy) is 2. The summed E-state index contributed by atoms with van der Waals surface area (Å²) in [6.45, 7) is 4.08. The molecule has 2 saturated heterocycles. The topological polar surface area (TPSA) is 50.8 Å². The lowest BCUT2D eigenvalue weighted by Gasteiger charge is -2.22. The number of amides is 1. The first kappa shape index (κ1) is 14.5. The Morgan fingerprint density at radius 1 is 1.24 bits per heavy atom. The van der Waals surface area contributed by atoms with Crippen LogP contribution in [-0.4, -0.2) is 43.8 Å². The second-order valence-corrected chi connectivity index (χ2v) is 5.97. The molecule has 5 nitrogen and oxygen atoms in total. The molecule has 6 heteroatoms. The number of hydrogen-bond acceptors (Lipinski definition) is 4. The van der Waals surface area contributed by atoms with Crippen LogP contribution in [0.2, 0.25) is 0 Å².